The average molecular weight is 305 g/mol. The molecule has 0 saturated heterocycles. The molecule has 0 aliphatic heterocycles. The van der Waals surface area contributed by atoms with E-state index in [1.54, 1.807) is 12.4 Å². The van der Waals surface area contributed by atoms with Crippen LogP contribution in [0.4, 0.5) is 0 Å². The maximum absolute atomic E-state index is 11.3. The van der Waals surface area contributed by atoms with Crippen molar-refractivity contribution in [3.63, 3.8) is 0 Å². The van der Waals surface area contributed by atoms with Crippen molar-refractivity contribution in [3.05, 3.63) is 29.5 Å². The molecule has 2 heterocycles. The van der Waals surface area contributed by atoms with E-state index in [-0.39, 0.29) is 11.9 Å². The molecular formula is C14H19N5OS. The van der Waals surface area contributed by atoms with Crippen LogP contribution in [-0.4, -0.2) is 27.6 Å². The zero-order valence-corrected chi connectivity index (χ0v) is 12.8. The molecule has 2 aromatic rings. The van der Waals surface area contributed by atoms with Crippen molar-refractivity contribution < 1.29 is 4.79 Å². The smallest absolute Gasteiger partial charge is 0.217 e. The van der Waals surface area contributed by atoms with Crippen LogP contribution in [0.3, 0.4) is 0 Å². The molecule has 2 rings (SSSR count). The molecule has 0 unspecified atom stereocenters. The van der Waals surface area contributed by atoms with Crippen molar-refractivity contribution >= 4 is 17.2 Å². The van der Waals surface area contributed by atoms with Gasteiger partial charge < -0.3 is 11.1 Å². The van der Waals surface area contributed by atoms with Gasteiger partial charge in [0.15, 0.2) is 0 Å². The predicted molar refractivity (Wildman–Crippen MR) is 82.6 cm³/mol. The molecule has 0 saturated carbocycles. The molecule has 112 valence electrons. The van der Waals surface area contributed by atoms with Gasteiger partial charge in [0.25, 0.3) is 0 Å². The molecule has 0 aliphatic rings. The monoisotopic (exact) mass is 305 g/mol. The molecule has 0 aromatic carbocycles. The molecule has 0 aliphatic carbocycles. The van der Waals surface area contributed by atoms with E-state index < -0.39 is 0 Å². The van der Waals surface area contributed by atoms with Crippen molar-refractivity contribution in [2.75, 3.05) is 6.54 Å². The van der Waals surface area contributed by atoms with Crippen molar-refractivity contribution in [3.8, 4) is 10.6 Å². The van der Waals surface area contributed by atoms with Crippen LogP contribution < -0.4 is 11.1 Å². The van der Waals surface area contributed by atoms with Crippen LogP contribution in [0, 0.1) is 0 Å². The lowest BCUT2D eigenvalue weighted by Gasteiger charge is -2.14. The van der Waals surface area contributed by atoms with Crippen LogP contribution in [0.2, 0.25) is 0 Å². The molecule has 0 spiro atoms. The molecular weight excluding hydrogens is 286 g/mol. The Bertz CT molecular complexity index is 572. The topological polar surface area (TPSA) is 93.8 Å². The molecule has 0 radical (unpaired) electrons. The highest BCUT2D eigenvalue weighted by Gasteiger charge is 2.18. The van der Waals surface area contributed by atoms with Gasteiger partial charge in [-0.25, -0.2) is 0 Å². The minimum Gasteiger partial charge on any atom is -0.347 e. The predicted octanol–water partition coefficient (Wildman–Crippen LogP) is 1.91. The highest BCUT2D eigenvalue weighted by molar-refractivity contribution is 7.14. The highest BCUT2D eigenvalue weighted by atomic mass is 32.1. The number of pyridine rings is 1. The number of hydrogen-bond donors (Lipinski definition) is 2. The summed E-state index contributed by atoms with van der Waals surface area (Å²) < 4.78 is 0. The molecule has 0 bridgehead atoms. The fourth-order valence-corrected chi connectivity index (χ4v) is 2.90. The molecule has 6 nitrogen and oxygen atoms in total. The van der Waals surface area contributed by atoms with E-state index in [0.29, 0.717) is 6.54 Å². The maximum Gasteiger partial charge on any atom is 0.217 e. The Labute approximate surface area is 127 Å². The average Bonchev–Trinajstić information content (AvgIpc) is 2.97. The number of hydrogen-bond acceptors (Lipinski definition) is 6. The van der Waals surface area contributed by atoms with Crippen LogP contribution in [-0.2, 0) is 4.79 Å². The lowest BCUT2D eigenvalue weighted by atomic mass is 10.1. The Hall–Kier alpha value is -1.86. The lowest BCUT2D eigenvalue weighted by molar-refractivity contribution is -0.119. The van der Waals surface area contributed by atoms with E-state index in [1.165, 1.54) is 18.3 Å². The Morgan fingerprint density at radius 2 is 2.29 bits per heavy atom. The van der Waals surface area contributed by atoms with Gasteiger partial charge in [-0.1, -0.05) is 11.3 Å². The third-order valence-corrected chi connectivity index (χ3v) is 4.06. The number of nitrogens with zero attached hydrogens (tertiary/aromatic N) is 3. The van der Waals surface area contributed by atoms with Crippen molar-refractivity contribution in [2.24, 2.45) is 5.73 Å². The SMILES string of the molecule is CC(=O)N[C@@H](CCCCN)c1nnc(-c2cccnc2)s1. The summed E-state index contributed by atoms with van der Waals surface area (Å²) in [4.78, 5) is 15.4. The highest BCUT2D eigenvalue weighted by Crippen LogP contribution is 2.28. The molecule has 2 aromatic heterocycles. The van der Waals surface area contributed by atoms with Gasteiger partial charge >= 0.3 is 0 Å². The van der Waals surface area contributed by atoms with E-state index in [4.69, 9.17) is 5.73 Å². The summed E-state index contributed by atoms with van der Waals surface area (Å²) in [5, 5.41) is 13.0. The first-order valence-corrected chi connectivity index (χ1v) is 7.73. The Balaban J connectivity index is 2.12. The van der Waals surface area contributed by atoms with Gasteiger partial charge in [-0.15, -0.1) is 10.2 Å². The normalized spacial score (nSPS) is 12.1. The van der Waals surface area contributed by atoms with E-state index in [2.05, 4.69) is 20.5 Å². The minimum atomic E-state index is -0.100. The second-order valence-electron chi connectivity index (χ2n) is 4.72. The molecule has 1 atom stereocenters. The molecule has 1 amide bonds. The van der Waals surface area contributed by atoms with Gasteiger partial charge in [-0.05, 0) is 37.9 Å². The lowest BCUT2D eigenvalue weighted by Crippen LogP contribution is -2.26. The fraction of sp³-hybridized carbons (Fsp3) is 0.429. The van der Waals surface area contributed by atoms with Crippen LogP contribution in [0.15, 0.2) is 24.5 Å². The summed E-state index contributed by atoms with van der Waals surface area (Å²) >= 11 is 1.49. The van der Waals surface area contributed by atoms with Crippen LogP contribution in [0.5, 0.6) is 0 Å². The second kappa shape index (κ2) is 7.80. The van der Waals surface area contributed by atoms with E-state index in [9.17, 15) is 4.79 Å². The third kappa shape index (κ3) is 4.57. The fourth-order valence-electron chi connectivity index (χ4n) is 1.98. The molecule has 7 heteroatoms. The number of carbonyl (C=O) groups excluding carboxylic acids is 1. The molecule has 21 heavy (non-hydrogen) atoms. The van der Waals surface area contributed by atoms with E-state index >= 15 is 0 Å². The summed E-state index contributed by atoms with van der Waals surface area (Å²) in [5.41, 5.74) is 6.45. The van der Waals surface area contributed by atoms with E-state index in [0.717, 1.165) is 34.8 Å². The number of aromatic nitrogens is 3. The minimum absolute atomic E-state index is 0.0640. The van der Waals surface area contributed by atoms with Gasteiger partial charge in [0.2, 0.25) is 5.91 Å². The zero-order valence-electron chi connectivity index (χ0n) is 12.0. The summed E-state index contributed by atoms with van der Waals surface area (Å²) in [6.45, 7) is 2.17. The number of carbonyl (C=O) groups is 1. The van der Waals surface area contributed by atoms with Crippen molar-refractivity contribution in [1.82, 2.24) is 20.5 Å². The van der Waals surface area contributed by atoms with Crippen LogP contribution in [0.1, 0.15) is 37.2 Å². The van der Waals surface area contributed by atoms with Gasteiger partial charge in [0.1, 0.15) is 10.0 Å². The standard InChI is InChI=1S/C14H19N5OS/c1-10(20)17-12(6-2-3-7-15)14-19-18-13(21-14)11-5-4-8-16-9-11/h4-5,8-9,12H,2-3,6-7,15H2,1H3,(H,17,20)/t12-/m0/s1. The largest absolute Gasteiger partial charge is 0.347 e. The Morgan fingerprint density at radius 3 is 2.95 bits per heavy atom. The molecule has 3 N–H and O–H groups in total. The van der Waals surface area contributed by atoms with Crippen molar-refractivity contribution in [1.29, 1.82) is 0 Å². The quantitative estimate of drug-likeness (QED) is 0.762. The van der Waals surface area contributed by atoms with Crippen LogP contribution >= 0.6 is 11.3 Å². The Kier molecular flexibility index (Phi) is 5.77. The number of nitrogens with one attached hydrogen (secondary N) is 1. The summed E-state index contributed by atoms with van der Waals surface area (Å²) in [6, 6.07) is 3.71. The second-order valence-corrected chi connectivity index (χ2v) is 5.73. The summed E-state index contributed by atoms with van der Waals surface area (Å²) in [5.74, 6) is -0.0640. The first kappa shape index (κ1) is 15.5. The van der Waals surface area contributed by atoms with Gasteiger partial charge in [0, 0.05) is 24.9 Å². The summed E-state index contributed by atoms with van der Waals surface area (Å²) in [7, 11) is 0. The zero-order chi connectivity index (χ0) is 15.1. The van der Waals surface area contributed by atoms with Gasteiger partial charge in [0.05, 0.1) is 6.04 Å². The number of unbranched alkanes of at least 4 members (excludes halogenated alkanes) is 1. The molecule has 0 fully saturated rings. The first-order valence-electron chi connectivity index (χ1n) is 6.91. The van der Waals surface area contributed by atoms with E-state index in [1.807, 2.05) is 12.1 Å². The number of amides is 1. The number of nitrogens with two attached hydrogens (primary N) is 1. The first-order chi connectivity index (χ1) is 10.2. The third-order valence-electron chi connectivity index (χ3n) is 2.97. The number of rotatable bonds is 7. The van der Waals surface area contributed by atoms with Gasteiger partial charge in [-0.2, -0.15) is 0 Å². The van der Waals surface area contributed by atoms with Gasteiger partial charge in [-0.3, -0.25) is 9.78 Å². The van der Waals surface area contributed by atoms with Crippen molar-refractivity contribution in [2.45, 2.75) is 32.2 Å². The Morgan fingerprint density at radius 1 is 1.43 bits per heavy atom. The maximum atomic E-state index is 11.3. The summed E-state index contributed by atoms with van der Waals surface area (Å²) in [6.07, 6.45) is 6.18. The van der Waals surface area contributed by atoms with Crippen LogP contribution in [0.25, 0.3) is 10.6 Å².